The minimum Gasteiger partial charge on any atom is -1.00 e. The van der Waals surface area contributed by atoms with Crippen LogP contribution >= 0.6 is 41.9 Å². The zero-order valence-electron chi connectivity index (χ0n) is 40.2. The molecule has 3 heterocycles. The molecule has 6 aromatic rings. The fraction of sp³-hybridized carbons (Fsp3) is 0.286. The first-order valence-electron chi connectivity index (χ1n) is 20.1. The summed E-state index contributed by atoms with van der Waals surface area (Å²) in [5, 5.41) is 5.39. The van der Waals surface area contributed by atoms with Gasteiger partial charge in [-0.1, -0.05) is 35.9 Å². The molecule has 0 saturated carbocycles. The van der Waals surface area contributed by atoms with E-state index in [1.54, 1.807) is 31.5 Å². The Morgan fingerprint density at radius 2 is 1.00 bits per heavy atom. The normalized spacial score (nSPS) is 12.2. The Hall–Kier alpha value is -4.53. The third-order valence-corrected chi connectivity index (χ3v) is 16.0. The van der Waals surface area contributed by atoms with Crippen LogP contribution in [0.3, 0.4) is 0 Å². The van der Waals surface area contributed by atoms with Gasteiger partial charge in [-0.05, 0) is 107 Å². The van der Waals surface area contributed by atoms with E-state index in [0.717, 1.165) is 0 Å². The molecule has 3 aromatic heterocycles. The van der Waals surface area contributed by atoms with Crippen molar-refractivity contribution >= 4 is 102 Å². The predicted molar refractivity (Wildman–Crippen MR) is 257 cm³/mol. The number of sulfone groups is 2. The van der Waals surface area contributed by atoms with E-state index >= 15 is 0 Å². The van der Waals surface area contributed by atoms with Crippen LogP contribution in [0.5, 0.6) is 5.75 Å². The molecule has 0 aliphatic heterocycles. The van der Waals surface area contributed by atoms with Gasteiger partial charge in [-0.2, -0.15) is 49.5 Å². The van der Waals surface area contributed by atoms with Crippen molar-refractivity contribution in [3.8, 4) is 5.75 Å². The number of halogens is 12. The number of methoxy groups -OCH3 is 1. The molecule has 3 aromatic carbocycles. The summed E-state index contributed by atoms with van der Waals surface area (Å²) in [6.45, 7) is 9.12. The van der Waals surface area contributed by atoms with Crippen molar-refractivity contribution in [1.29, 1.82) is 0 Å². The number of nitrogens with zero attached hydrogens (tertiary/aromatic N) is 6. The standard InChI is InChI=1S/C23H26F3N4O4PS.C14H13ClF3N3O2S.C5HCl2F3N2.Na.H/c1-14(2)36(32,33)20-9-7-6-8-18(20)28-21-16(23(24,25)26)13-27-22(30-21)29-17-11-10-15(35(4,5)31)12-19(17)34-3;1-8(2)24(22,23)11-6-4-3-5-10(11)20-12-9(14(16,17)18)7-19-13(15)21-12;6-3-2(5(8,9)10)1-11-4(7)12-3;;/h6-14H,1-5H3,(H2,27,28,29,30);3-8H,1-2H3,(H,19,20,21);1H;;/q;;;+1;-1. The van der Waals surface area contributed by atoms with E-state index in [1.807, 2.05) is 0 Å². The minimum atomic E-state index is -4.81. The SMILES string of the molecule is CC(C)S(=O)(=O)c1ccccc1Nc1nc(Cl)ncc1C(F)(F)F.COc1cc(P(C)(C)=O)ccc1Nc1ncc(C(F)(F)F)c(Nc2ccccc2S(=O)(=O)C(C)C)n1.FC(F)(F)c1cnc(Cl)nc1Cl.[H-].[Na+]. The predicted octanol–water partition coefficient (Wildman–Crippen LogP) is 9.41. The van der Waals surface area contributed by atoms with E-state index in [9.17, 15) is 60.9 Å². The molecule has 31 heteroatoms. The summed E-state index contributed by atoms with van der Waals surface area (Å²) in [5.74, 6) is -1.15. The number of benzene rings is 3. The number of alkyl halides is 9. The van der Waals surface area contributed by atoms with Crippen molar-refractivity contribution < 1.29 is 96.6 Å². The second-order valence-corrected chi connectivity index (χ2v) is 24.7. The number of hydrogen-bond acceptors (Lipinski definition) is 15. The van der Waals surface area contributed by atoms with Crippen molar-refractivity contribution in [2.24, 2.45) is 0 Å². The molecule has 0 amide bonds. The van der Waals surface area contributed by atoms with E-state index in [4.69, 9.17) is 39.5 Å². The smallest absolute Gasteiger partial charge is 1.00 e. The van der Waals surface area contributed by atoms with E-state index in [2.05, 4.69) is 45.9 Å². The van der Waals surface area contributed by atoms with E-state index < -0.39 is 94.6 Å². The average molecular weight is 1160 g/mol. The van der Waals surface area contributed by atoms with E-state index in [-0.39, 0.29) is 63.4 Å². The van der Waals surface area contributed by atoms with Crippen LogP contribution in [0.2, 0.25) is 15.7 Å². The number of nitrogens with one attached hydrogen (secondary N) is 3. The van der Waals surface area contributed by atoms with Crippen molar-refractivity contribution in [3.05, 3.63) is 118 Å². The van der Waals surface area contributed by atoms with Gasteiger partial charge in [0.05, 0.1) is 44.5 Å². The van der Waals surface area contributed by atoms with Crippen molar-refractivity contribution in [1.82, 2.24) is 29.9 Å². The molecule has 73 heavy (non-hydrogen) atoms. The zero-order valence-corrected chi connectivity index (χ0v) is 46.0. The Morgan fingerprint density at radius 1 is 0.589 bits per heavy atom. The summed E-state index contributed by atoms with van der Waals surface area (Å²) < 4.78 is 184. The number of para-hydroxylation sites is 2. The summed E-state index contributed by atoms with van der Waals surface area (Å²) in [5.41, 5.74) is -3.15. The number of aromatic nitrogens is 6. The molecule has 0 radical (unpaired) electrons. The van der Waals surface area contributed by atoms with Gasteiger partial charge in [0.1, 0.15) is 46.4 Å². The van der Waals surface area contributed by atoms with Gasteiger partial charge in [0.25, 0.3) is 0 Å². The molecule has 6 rings (SSSR count). The third kappa shape index (κ3) is 16.7. The quantitative estimate of drug-likeness (QED) is 0.0343. The van der Waals surface area contributed by atoms with E-state index in [1.165, 1.54) is 83.3 Å². The fourth-order valence-electron chi connectivity index (χ4n) is 5.58. The molecule has 3 N–H and O–H groups in total. The van der Waals surface area contributed by atoms with Gasteiger partial charge >= 0.3 is 48.1 Å². The number of ether oxygens (including phenoxy) is 1. The molecular formula is C42H41Cl3F9N9NaO6PS2. The second kappa shape index (κ2) is 24.9. The molecule has 0 bridgehead atoms. The maximum Gasteiger partial charge on any atom is 1.00 e. The van der Waals surface area contributed by atoms with Crippen LogP contribution in [0.25, 0.3) is 0 Å². The van der Waals surface area contributed by atoms with E-state index in [0.29, 0.717) is 35.3 Å². The molecule has 0 aliphatic rings. The maximum absolute atomic E-state index is 13.7. The van der Waals surface area contributed by atoms with Crippen LogP contribution in [0.1, 0.15) is 45.8 Å². The molecule has 0 aliphatic carbocycles. The maximum atomic E-state index is 13.7. The molecular weight excluding hydrogens is 1120 g/mol. The Kier molecular flexibility index (Phi) is 21.4. The van der Waals surface area contributed by atoms with Crippen LogP contribution in [0.4, 0.5) is 74.2 Å². The van der Waals surface area contributed by atoms with Crippen LogP contribution in [-0.2, 0) is 42.8 Å². The number of anilines is 6. The topological polar surface area (TPSA) is 208 Å². The van der Waals surface area contributed by atoms with Gasteiger partial charge in [-0.3, -0.25) is 0 Å². The summed E-state index contributed by atoms with van der Waals surface area (Å²) >= 11 is 15.9. The molecule has 0 unspecified atom stereocenters. The zero-order chi connectivity index (χ0) is 54.4. The second-order valence-electron chi connectivity index (χ2n) is 15.5. The molecule has 0 spiro atoms. The molecule has 15 nitrogen and oxygen atoms in total. The molecule has 0 atom stereocenters. The average Bonchev–Trinajstić information content (AvgIpc) is 3.25. The molecule has 392 valence electrons. The van der Waals surface area contributed by atoms with Gasteiger partial charge in [0.2, 0.25) is 16.5 Å². The molecule has 0 fully saturated rings. The van der Waals surface area contributed by atoms with Crippen LogP contribution < -0.4 is 55.5 Å². The van der Waals surface area contributed by atoms with Gasteiger partial charge in [-0.25, -0.2) is 36.8 Å². The van der Waals surface area contributed by atoms with Crippen LogP contribution in [0, 0.1) is 0 Å². The summed E-state index contributed by atoms with van der Waals surface area (Å²) in [6.07, 6.45) is -12.4. The number of rotatable bonds is 12. The monoisotopic (exact) mass is 1160 g/mol. The largest absolute Gasteiger partial charge is 1.00 e. The first kappa shape index (κ1) is 62.8. The molecule has 0 saturated heterocycles. The van der Waals surface area contributed by atoms with Crippen molar-refractivity contribution in [2.45, 2.75) is 66.5 Å². The fourth-order valence-corrected chi connectivity index (χ4v) is 9.39. The Balaban J connectivity index is 0.000000423. The Morgan fingerprint density at radius 3 is 1.41 bits per heavy atom. The van der Waals surface area contributed by atoms with Crippen molar-refractivity contribution in [3.63, 3.8) is 0 Å². The van der Waals surface area contributed by atoms with Crippen molar-refractivity contribution in [2.75, 3.05) is 36.4 Å². The van der Waals surface area contributed by atoms with Gasteiger partial charge in [-0.15, -0.1) is 0 Å². The van der Waals surface area contributed by atoms with Crippen LogP contribution in [0.15, 0.2) is 95.1 Å². The minimum absolute atomic E-state index is 0. The van der Waals surface area contributed by atoms with Gasteiger partial charge < -0.3 is 26.7 Å². The first-order chi connectivity index (χ1) is 33.1. The van der Waals surface area contributed by atoms with Gasteiger partial charge in [0.15, 0.2) is 19.7 Å². The Bertz CT molecular complexity index is 3200. The number of hydrogen-bond donors (Lipinski definition) is 3. The van der Waals surface area contributed by atoms with Gasteiger partial charge in [0, 0.05) is 23.9 Å². The van der Waals surface area contributed by atoms with Crippen LogP contribution in [-0.4, -0.2) is 77.7 Å². The summed E-state index contributed by atoms with van der Waals surface area (Å²) in [6, 6.07) is 16.1. The third-order valence-electron chi connectivity index (χ3n) is 9.37. The summed E-state index contributed by atoms with van der Waals surface area (Å²) in [4.78, 5) is 20.6. The summed E-state index contributed by atoms with van der Waals surface area (Å²) in [7, 11) is -8.69. The Labute approximate surface area is 451 Å². The first-order valence-corrected chi connectivity index (χ1v) is 26.9.